The number of benzene rings is 3. The molecule has 1 N–H and O–H groups in total. The molecule has 0 heterocycles. The molecule has 0 aromatic heterocycles. The highest BCUT2D eigenvalue weighted by Crippen LogP contribution is 2.52. The SMILES string of the molecule is CCCCCOc1ccc2c(c1)C(F)(F)c1cc(CCc3ccc(O)cc3)ccc1-2. The summed E-state index contributed by atoms with van der Waals surface area (Å²) in [4.78, 5) is 0. The smallest absolute Gasteiger partial charge is 0.299 e. The molecule has 0 unspecified atom stereocenters. The van der Waals surface area contributed by atoms with Crippen LogP contribution in [0.15, 0.2) is 60.7 Å². The van der Waals surface area contributed by atoms with E-state index in [1.165, 1.54) is 6.07 Å². The number of unbranched alkanes of at least 4 members (excludes halogenated alkanes) is 2. The van der Waals surface area contributed by atoms with Crippen LogP contribution in [0.3, 0.4) is 0 Å². The summed E-state index contributed by atoms with van der Waals surface area (Å²) >= 11 is 0. The highest BCUT2D eigenvalue weighted by atomic mass is 19.3. The third kappa shape index (κ3) is 4.04. The van der Waals surface area contributed by atoms with Gasteiger partial charge in [-0.25, -0.2) is 0 Å². The van der Waals surface area contributed by atoms with Crippen molar-refractivity contribution in [2.75, 3.05) is 6.61 Å². The number of alkyl halides is 2. The molecule has 2 nitrogen and oxygen atoms in total. The summed E-state index contributed by atoms with van der Waals surface area (Å²) in [5, 5.41) is 9.39. The molecule has 3 aromatic carbocycles. The molecule has 4 rings (SSSR count). The minimum Gasteiger partial charge on any atom is -0.508 e. The first kappa shape index (κ1) is 20.4. The lowest BCUT2D eigenvalue weighted by Crippen LogP contribution is -2.11. The highest BCUT2D eigenvalue weighted by molar-refractivity contribution is 5.80. The van der Waals surface area contributed by atoms with Gasteiger partial charge in [-0.15, -0.1) is 0 Å². The van der Waals surface area contributed by atoms with E-state index in [2.05, 4.69) is 6.92 Å². The lowest BCUT2D eigenvalue weighted by atomic mass is 9.98. The molecule has 0 saturated carbocycles. The second-order valence-electron chi connectivity index (χ2n) is 7.88. The van der Waals surface area contributed by atoms with Gasteiger partial charge in [-0.05, 0) is 71.8 Å². The molecule has 30 heavy (non-hydrogen) atoms. The molecule has 0 spiro atoms. The zero-order valence-corrected chi connectivity index (χ0v) is 17.1. The lowest BCUT2D eigenvalue weighted by Gasteiger charge is -2.14. The molecular weight excluding hydrogens is 382 g/mol. The van der Waals surface area contributed by atoms with Gasteiger partial charge >= 0.3 is 0 Å². The summed E-state index contributed by atoms with van der Waals surface area (Å²) in [5.74, 6) is -2.30. The van der Waals surface area contributed by atoms with Crippen LogP contribution in [0.1, 0.15) is 48.4 Å². The van der Waals surface area contributed by atoms with E-state index in [-0.39, 0.29) is 16.9 Å². The fourth-order valence-corrected chi connectivity index (χ4v) is 3.99. The molecule has 0 amide bonds. The number of phenolic OH excluding ortho intramolecular Hbond substituents is 1. The van der Waals surface area contributed by atoms with Crippen molar-refractivity contribution >= 4 is 0 Å². The van der Waals surface area contributed by atoms with Gasteiger partial charge in [0.05, 0.1) is 6.61 Å². The van der Waals surface area contributed by atoms with Crippen molar-refractivity contribution < 1.29 is 18.6 Å². The van der Waals surface area contributed by atoms with Crippen molar-refractivity contribution in [1.82, 2.24) is 0 Å². The molecule has 0 saturated heterocycles. The second-order valence-corrected chi connectivity index (χ2v) is 7.88. The Morgan fingerprint density at radius 1 is 0.800 bits per heavy atom. The zero-order chi connectivity index (χ0) is 21.1. The summed E-state index contributed by atoms with van der Waals surface area (Å²) < 4.78 is 36.2. The number of rotatable bonds is 8. The fraction of sp³-hybridized carbons (Fsp3) is 0.308. The van der Waals surface area contributed by atoms with Crippen LogP contribution in [0.4, 0.5) is 8.78 Å². The topological polar surface area (TPSA) is 29.5 Å². The molecule has 0 bridgehead atoms. The lowest BCUT2D eigenvalue weighted by molar-refractivity contribution is 0.0476. The van der Waals surface area contributed by atoms with Gasteiger partial charge in [-0.3, -0.25) is 0 Å². The molecule has 0 atom stereocenters. The summed E-state index contributed by atoms with van der Waals surface area (Å²) in [6, 6.07) is 17.4. The Bertz CT molecular complexity index is 1030. The van der Waals surface area contributed by atoms with Gasteiger partial charge in [0.2, 0.25) is 0 Å². The van der Waals surface area contributed by atoms with Gasteiger partial charge in [0.25, 0.3) is 5.92 Å². The number of ether oxygens (including phenoxy) is 1. The van der Waals surface area contributed by atoms with Crippen LogP contribution < -0.4 is 4.74 Å². The van der Waals surface area contributed by atoms with Gasteiger partial charge in [0.1, 0.15) is 11.5 Å². The Balaban J connectivity index is 1.53. The molecule has 1 aliphatic carbocycles. The summed E-state index contributed by atoms with van der Waals surface area (Å²) in [6.45, 7) is 2.67. The maximum atomic E-state index is 15.3. The summed E-state index contributed by atoms with van der Waals surface area (Å²) in [7, 11) is 0. The molecule has 3 aromatic rings. The van der Waals surface area contributed by atoms with Crippen LogP contribution in [0.25, 0.3) is 11.1 Å². The Morgan fingerprint density at radius 3 is 2.17 bits per heavy atom. The average Bonchev–Trinajstić information content (AvgIpc) is 2.97. The maximum absolute atomic E-state index is 15.3. The van der Waals surface area contributed by atoms with E-state index in [1.807, 2.05) is 24.3 Å². The predicted octanol–water partition coefficient (Wildman–Crippen LogP) is 6.87. The number of phenols is 1. The van der Waals surface area contributed by atoms with Crippen LogP contribution in [-0.2, 0) is 18.8 Å². The van der Waals surface area contributed by atoms with E-state index in [1.54, 1.807) is 30.3 Å². The molecule has 0 aliphatic heterocycles. The van der Waals surface area contributed by atoms with Crippen LogP contribution >= 0.6 is 0 Å². The van der Waals surface area contributed by atoms with E-state index in [0.29, 0.717) is 29.9 Å². The van der Waals surface area contributed by atoms with E-state index < -0.39 is 5.92 Å². The minimum atomic E-state index is -3.03. The third-order valence-corrected chi connectivity index (χ3v) is 5.70. The Hall–Kier alpha value is -2.88. The molecule has 0 fully saturated rings. The van der Waals surface area contributed by atoms with Crippen LogP contribution in [-0.4, -0.2) is 11.7 Å². The van der Waals surface area contributed by atoms with Crippen molar-refractivity contribution in [3.05, 3.63) is 82.9 Å². The van der Waals surface area contributed by atoms with Crippen molar-refractivity contribution in [2.45, 2.75) is 45.0 Å². The fourth-order valence-electron chi connectivity index (χ4n) is 3.99. The Kier molecular flexibility index (Phi) is 5.76. The summed E-state index contributed by atoms with van der Waals surface area (Å²) in [5.41, 5.74) is 3.23. The molecular formula is C26H26F2O2. The van der Waals surface area contributed by atoms with Crippen molar-refractivity contribution in [2.24, 2.45) is 0 Å². The highest BCUT2D eigenvalue weighted by Gasteiger charge is 2.44. The largest absolute Gasteiger partial charge is 0.508 e. The van der Waals surface area contributed by atoms with Crippen LogP contribution in [0.5, 0.6) is 11.5 Å². The number of hydrogen-bond donors (Lipinski definition) is 1. The monoisotopic (exact) mass is 408 g/mol. The van der Waals surface area contributed by atoms with E-state index >= 15 is 8.78 Å². The van der Waals surface area contributed by atoms with E-state index in [9.17, 15) is 5.11 Å². The van der Waals surface area contributed by atoms with Crippen LogP contribution in [0, 0.1) is 0 Å². The first-order chi connectivity index (χ1) is 14.5. The number of hydrogen-bond acceptors (Lipinski definition) is 2. The van der Waals surface area contributed by atoms with E-state index in [0.717, 1.165) is 36.8 Å². The van der Waals surface area contributed by atoms with Crippen molar-refractivity contribution in [1.29, 1.82) is 0 Å². The van der Waals surface area contributed by atoms with Gasteiger partial charge in [-0.1, -0.05) is 50.1 Å². The van der Waals surface area contributed by atoms with Crippen molar-refractivity contribution in [3.63, 3.8) is 0 Å². The number of aryl methyl sites for hydroxylation is 2. The Morgan fingerprint density at radius 2 is 1.43 bits per heavy atom. The first-order valence-electron chi connectivity index (χ1n) is 10.6. The predicted molar refractivity (Wildman–Crippen MR) is 115 cm³/mol. The second kappa shape index (κ2) is 8.47. The molecule has 156 valence electrons. The molecule has 0 radical (unpaired) electrons. The van der Waals surface area contributed by atoms with Gasteiger partial charge in [0, 0.05) is 11.1 Å². The Labute approximate surface area is 176 Å². The standard InChI is InChI=1S/C26H26F2O2/c1-2-3-4-15-30-21-12-14-23-22-13-9-19(6-5-18-7-10-20(29)11-8-18)16-24(22)26(27,28)25(23)17-21/h7-14,16-17,29H,2-6,15H2,1H3. The third-order valence-electron chi connectivity index (χ3n) is 5.70. The number of fused-ring (bicyclic) bond motifs is 3. The normalized spacial score (nSPS) is 13.7. The first-order valence-corrected chi connectivity index (χ1v) is 10.6. The average molecular weight is 408 g/mol. The molecule has 1 aliphatic rings. The number of halogens is 2. The van der Waals surface area contributed by atoms with Crippen LogP contribution in [0.2, 0.25) is 0 Å². The van der Waals surface area contributed by atoms with E-state index in [4.69, 9.17) is 4.74 Å². The quantitative estimate of drug-likeness (QED) is 0.412. The summed E-state index contributed by atoms with van der Waals surface area (Å²) in [6.07, 6.45) is 4.48. The van der Waals surface area contributed by atoms with Crippen molar-refractivity contribution in [3.8, 4) is 22.6 Å². The zero-order valence-electron chi connectivity index (χ0n) is 17.1. The minimum absolute atomic E-state index is 0.0289. The number of aromatic hydroxyl groups is 1. The molecule has 4 heteroatoms. The maximum Gasteiger partial charge on any atom is 0.299 e. The van der Waals surface area contributed by atoms with Gasteiger partial charge < -0.3 is 9.84 Å². The van der Waals surface area contributed by atoms with Gasteiger partial charge in [0.15, 0.2) is 0 Å². The van der Waals surface area contributed by atoms with Gasteiger partial charge in [-0.2, -0.15) is 8.78 Å².